The van der Waals surface area contributed by atoms with Crippen LogP contribution in [0.15, 0.2) is 0 Å². The monoisotopic (exact) mass is 279 g/mol. The second-order valence-electron chi connectivity index (χ2n) is 4.80. The number of rotatable bonds is 6. The van der Waals surface area contributed by atoms with Gasteiger partial charge in [0.05, 0.1) is 12.7 Å². The molecule has 0 amide bonds. The smallest absolute Gasteiger partial charge is 0.303 e. The van der Waals surface area contributed by atoms with Crippen molar-refractivity contribution in [2.24, 2.45) is 5.73 Å². The quantitative estimate of drug-likeness (QED) is 0.309. The summed E-state index contributed by atoms with van der Waals surface area (Å²) in [6.07, 6.45) is -5.71. The maximum absolute atomic E-state index is 10.4. The molecule has 0 aromatic rings. The average molecular weight is 279 g/mol. The van der Waals surface area contributed by atoms with Crippen LogP contribution in [0.3, 0.4) is 0 Å². The summed E-state index contributed by atoms with van der Waals surface area (Å²) >= 11 is 0. The van der Waals surface area contributed by atoms with Gasteiger partial charge in [0.1, 0.15) is 24.4 Å². The summed E-state index contributed by atoms with van der Waals surface area (Å²) in [5, 5.41) is 46.5. The predicted molar refractivity (Wildman–Crippen MR) is 63.2 cm³/mol. The van der Waals surface area contributed by atoms with Gasteiger partial charge in [-0.2, -0.15) is 0 Å². The Morgan fingerprint density at radius 3 is 2.26 bits per heavy atom. The van der Waals surface area contributed by atoms with Gasteiger partial charge in [0.2, 0.25) is 0 Å². The third-order valence-electron chi connectivity index (χ3n) is 3.26. The fraction of sp³-hybridized carbons (Fsp3) is 0.909. The largest absolute Gasteiger partial charge is 0.481 e. The lowest BCUT2D eigenvalue weighted by atomic mass is 9.91. The molecule has 1 heterocycles. The van der Waals surface area contributed by atoms with Crippen molar-refractivity contribution in [3.63, 3.8) is 0 Å². The Bertz CT molecular complexity index is 299. The summed E-state index contributed by atoms with van der Waals surface area (Å²) in [6, 6.07) is -0.516. The predicted octanol–water partition coefficient (Wildman–Crippen LogP) is -2.59. The molecule has 1 aliphatic heterocycles. The van der Waals surface area contributed by atoms with Crippen molar-refractivity contribution in [2.75, 3.05) is 6.61 Å². The molecule has 8 nitrogen and oxygen atoms in total. The summed E-state index contributed by atoms with van der Waals surface area (Å²) in [5.74, 6) is -0.968. The van der Waals surface area contributed by atoms with Crippen molar-refractivity contribution >= 4 is 5.97 Å². The molecule has 0 saturated carbocycles. The van der Waals surface area contributed by atoms with Gasteiger partial charge in [-0.3, -0.25) is 4.79 Å². The van der Waals surface area contributed by atoms with E-state index in [2.05, 4.69) is 0 Å². The summed E-state index contributed by atoms with van der Waals surface area (Å²) in [6.45, 7) is -0.494. The highest BCUT2D eigenvalue weighted by molar-refractivity contribution is 5.66. The molecule has 8 heteroatoms. The molecule has 6 atom stereocenters. The van der Waals surface area contributed by atoms with E-state index in [9.17, 15) is 20.1 Å². The average Bonchev–Trinajstić information content (AvgIpc) is 2.37. The fourth-order valence-electron chi connectivity index (χ4n) is 2.10. The first kappa shape index (κ1) is 16.3. The molecule has 112 valence electrons. The molecule has 1 aliphatic rings. The number of aliphatic hydroxyl groups excluding tert-OH is 4. The van der Waals surface area contributed by atoms with Crippen molar-refractivity contribution < 1.29 is 35.1 Å². The van der Waals surface area contributed by atoms with Crippen molar-refractivity contribution in [2.45, 2.75) is 55.8 Å². The van der Waals surface area contributed by atoms with Gasteiger partial charge in [-0.1, -0.05) is 0 Å². The second kappa shape index (κ2) is 7.13. The third-order valence-corrected chi connectivity index (χ3v) is 3.26. The molecule has 1 saturated heterocycles. The molecule has 0 aromatic heterocycles. The minimum Gasteiger partial charge on any atom is -0.481 e. The molecular weight excluding hydrogens is 258 g/mol. The van der Waals surface area contributed by atoms with Gasteiger partial charge < -0.3 is 36.0 Å². The minimum atomic E-state index is -1.43. The SMILES string of the molecule is NC(CCC(=O)O)C[C@@H]1O[C@H](CO)[C@H](O)[C@H](O)[C@H]1O. The zero-order valence-corrected chi connectivity index (χ0v) is 10.4. The second-order valence-corrected chi connectivity index (χ2v) is 4.80. The minimum absolute atomic E-state index is 0.0986. The number of hydrogen-bond acceptors (Lipinski definition) is 7. The number of aliphatic carboxylic acids is 1. The zero-order valence-electron chi connectivity index (χ0n) is 10.4. The Morgan fingerprint density at radius 1 is 1.16 bits per heavy atom. The summed E-state index contributed by atoms with van der Waals surface area (Å²) in [5.41, 5.74) is 5.72. The van der Waals surface area contributed by atoms with Crippen molar-refractivity contribution in [3.05, 3.63) is 0 Å². The van der Waals surface area contributed by atoms with E-state index in [1.807, 2.05) is 0 Å². The van der Waals surface area contributed by atoms with Crippen LogP contribution in [-0.2, 0) is 9.53 Å². The molecule has 19 heavy (non-hydrogen) atoms. The van der Waals surface area contributed by atoms with Gasteiger partial charge >= 0.3 is 5.97 Å². The molecule has 0 spiro atoms. The topological polar surface area (TPSA) is 153 Å². The molecular formula is C11H21NO7. The van der Waals surface area contributed by atoms with Crippen molar-refractivity contribution in [1.82, 2.24) is 0 Å². The van der Waals surface area contributed by atoms with Crippen LogP contribution in [0.4, 0.5) is 0 Å². The molecule has 0 radical (unpaired) electrons. The highest BCUT2D eigenvalue weighted by atomic mass is 16.5. The lowest BCUT2D eigenvalue weighted by Crippen LogP contribution is -2.59. The Morgan fingerprint density at radius 2 is 1.74 bits per heavy atom. The summed E-state index contributed by atoms with van der Waals surface area (Å²) in [4.78, 5) is 10.4. The normalized spacial score (nSPS) is 37.0. The van der Waals surface area contributed by atoms with E-state index in [4.69, 9.17) is 20.7 Å². The Hall–Kier alpha value is -0.770. The highest BCUT2D eigenvalue weighted by Crippen LogP contribution is 2.24. The van der Waals surface area contributed by atoms with Gasteiger partial charge in [0.15, 0.2) is 0 Å². The van der Waals surface area contributed by atoms with Gasteiger partial charge in [-0.15, -0.1) is 0 Å². The van der Waals surface area contributed by atoms with Crippen molar-refractivity contribution in [1.29, 1.82) is 0 Å². The van der Waals surface area contributed by atoms with E-state index in [1.54, 1.807) is 0 Å². The van der Waals surface area contributed by atoms with E-state index < -0.39 is 49.1 Å². The van der Waals surface area contributed by atoms with Crippen LogP contribution in [0, 0.1) is 0 Å². The molecule has 0 aliphatic carbocycles. The number of hydrogen-bond donors (Lipinski definition) is 6. The van der Waals surface area contributed by atoms with Crippen LogP contribution in [0.2, 0.25) is 0 Å². The lowest BCUT2D eigenvalue weighted by Gasteiger charge is -2.40. The molecule has 0 aromatic carbocycles. The van der Waals surface area contributed by atoms with Gasteiger partial charge in [0, 0.05) is 12.5 Å². The lowest BCUT2D eigenvalue weighted by molar-refractivity contribution is -0.231. The number of carboxylic acids is 1. The Labute approximate surface area is 110 Å². The molecule has 7 N–H and O–H groups in total. The Kier molecular flexibility index (Phi) is 6.11. The molecule has 1 fully saturated rings. The molecule has 1 unspecified atom stereocenters. The van der Waals surface area contributed by atoms with E-state index >= 15 is 0 Å². The van der Waals surface area contributed by atoms with Crippen LogP contribution < -0.4 is 5.73 Å². The highest BCUT2D eigenvalue weighted by Gasteiger charge is 2.43. The first-order chi connectivity index (χ1) is 8.86. The van der Waals surface area contributed by atoms with Crippen LogP contribution in [-0.4, -0.2) is 74.7 Å². The first-order valence-corrected chi connectivity index (χ1v) is 6.14. The number of ether oxygens (including phenoxy) is 1. The van der Waals surface area contributed by atoms with Gasteiger partial charge in [0.25, 0.3) is 0 Å². The van der Waals surface area contributed by atoms with E-state index in [-0.39, 0.29) is 19.3 Å². The van der Waals surface area contributed by atoms with Crippen LogP contribution >= 0.6 is 0 Å². The Balaban J connectivity index is 2.54. The molecule has 0 bridgehead atoms. The number of aliphatic hydroxyl groups is 4. The van der Waals surface area contributed by atoms with Crippen LogP contribution in [0.5, 0.6) is 0 Å². The maximum Gasteiger partial charge on any atom is 0.303 e. The third kappa shape index (κ3) is 4.37. The first-order valence-electron chi connectivity index (χ1n) is 6.14. The zero-order chi connectivity index (χ0) is 14.6. The van der Waals surface area contributed by atoms with E-state index in [0.717, 1.165) is 0 Å². The summed E-state index contributed by atoms with van der Waals surface area (Å²) in [7, 11) is 0. The maximum atomic E-state index is 10.4. The number of nitrogens with two attached hydrogens (primary N) is 1. The number of carbonyl (C=O) groups is 1. The van der Waals surface area contributed by atoms with Crippen LogP contribution in [0.25, 0.3) is 0 Å². The molecule has 1 rings (SSSR count). The van der Waals surface area contributed by atoms with Gasteiger partial charge in [-0.05, 0) is 12.8 Å². The summed E-state index contributed by atoms with van der Waals surface area (Å²) < 4.78 is 5.27. The van der Waals surface area contributed by atoms with Crippen LogP contribution in [0.1, 0.15) is 19.3 Å². The van der Waals surface area contributed by atoms with E-state index in [1.165, 1.54) is 0 Å². The van der Waals surface area contributed by atoms with E-state index in [0.29, 0.717) is 0 Å². The number of carboxylic acid groups (broad SMARTS) is 1. The van der Waals surface area contributed by atoms with Crippen molar-refractivity contribution in [3.8, 4) is 0 Å². The fourth-order valence-corrected chi connectivity index (χ4v) is 2.10. The van der Waals surface area contributed by atoms with Gasteiger partial charge in [-0.25, -0.2) is 0 Å². The standard InChI is InChI=1S/C11H21NO7/c12-5(1-2-8(14)15)3-6-9(16)11(18)10(17)7(4-13)19-6/h5-7,9-11,13,16-18H,1-4,12H2,(H,14,15)/t5?,6-,7+,9-,10-,11+/m0/s1.